The van der Waals surface area contributed by atoms with Gasteiger partial charge in [-0.25, -0.2) is 18.4 Å². The number of nitrogens with zero attached hydrogens (tertiary/aromatic N) is 5. The SMILES string of the molecule is Cc1nc(N2CCCC2)cc(N2CCN(S(=O)(=O)c3cc(C)c(C)cc3C)CC2)n1. The standard InChI is InChI=1S/C22H31N5O2S/c1-16-13-18(3)20(14-17(16)2)30(28,29)27-11-9-26(10-12-27)22-15-21(23-19(4)24-22)25-7-5-6-8-25/h13-15H,5-12H2,1-4H3. The number of aromatic nitrogens is 2. The topological polar surface area (TPSA) is 69.6 Å². The van der Waals surface area contributed by atoms with Crippen LogP contribution in [0.15, 0.2) is 23.1 Å². The maximum absolute atomic E-state index is 13.3. The van der Waals surface area contributed by atoms with Gasteiger partial charge in [-0.1, -0.05) is 6.07 Å². The number of benzene rings is 1. The lowest BCUT2D eigenvalue weighted by molar-refractivity contribution is 0.383. The second-order valence-electron chi connectivity index (χ2n) is 8.42. The van der Waals surface area contributed by atoms with E-state index in [2.05, 4.69) is 25.8 Å². The molecule has 0 spiro atoms. The fourth-order valence-electron chi connectivity index (χ4n) is 4.32. The van der Waals surface area contributed by atoms with Gasteiger partial charge in [0.2, 0.25) is 10.0 Å². The number of hydrogen-bond acceptors (Lipinski definition) is 6. The van der Waals surface area contributed by atoms with E-state index in [1.165, 1.54) is 12.8 Å². The van der Waals surface area contributed by atoms with E-state index in [1.54, 1.807) is 4.31 Å². The molecule has 0 N–H and O–H groups in total. The molecule has 2 aromatic rings. The Morgan fingerprint density at radius 2 is 1.23 bits per heavy atom. The Bertz CT molecular complexity index is 1040. The van der Waals surface area contributed by atoms with E-state index in [0.29, 0.717) is 31.1 Å². The van der Waals surface area contributed by atoms with Gasteiger partial charge >= 0.3 is 0 Å². The van der Waals surface area contributed by atoms with E-state index in [4.69, 9.17) is 0 Å². The summed E-state index contributed by atoms with van der Waals surface area (Å²) in [5, 5.41) is 0. The van der Waals surface area contributed by atoms with Crippen LogP contribution in [0.3, 0.4) is 0 Å². The van der Waals surface area contributed by atoms with Crippen molar-refractivity contribution in [3.05, 3.63) is 40.7 Å². The molecule has 4 rings (SSSR count). The van der Waals surface area contributed by atoms with E-state index in [1.807, 2.05) is 39.8 Å². The Morgan fingerprint density at radius 1 is 0.700 bits per heavy atom. The van der Waals surface area contributed by atoms with Crippen LogP contribution >= 0.6 is 0 Å². The minimum absolute atomic E-state index is 0.424. The molecule has 0 amide bonds. The highest BCUT2D eigenvalue weighted by Crippen LogP contribution is 2.27. The molecule has 0 atom stereocenters. The first kappa shape index (κ1) is 21.1. The molecule has 0 radical (unpaired) electrons. The summed E-state index contributed by atoms with van der Waals surface area (Å²) < 4.78 is 28.2. The average molecular weight is 430 g/mol. The fourth-order valence-corrected chi connectivity index (χ4v) is 6.03. The van der Waals surface area contributed by atoms with Gasteiger partial charge in [0.15, 0.2) is 0 Å². The van der Waals surface area contributed by atoms with E-state index in [9.17, 15) is 8.42 Å². The van der Waals surface area contributed by atoms with Gasteiger partial charge in [-0.15, -0.1) is 0 Å². The molecule has 2 aliphatic rings. The highest BCUT2D eigenvalue weighted by atomic mass is 32.2. The first-order chi connectivity index (χ1) is 14.3. The van der Waals surface area contributed by atoms with Crippen molar-refractivity contribution < 1.29 is 8.42 Å². The summed E-state index contributed by atoms with van der Waals surface area (Å²) in [6, 6.07) is 5.82. The van der Waals surface area contributed by atoms with Crippen molar-refractivity contribution in [3.63, 3.8) is 0 Å². The first-order valence-corrected chi connectivity index (χ1v) is 12.1. The molecule has 0 aliphatic carbocycles. The van der Waals surface area contributed by atoms with Crippen molar-refractivity contribution >= 4 is 21.7 Å². The minimum Gasteiger partial charge on any atom is -0.356 e. The Morgan fingerprint density at radius 3 is 1.83 bits per heavy atom. The van der Waals surface area contributed by atoms with E-state index < -0.39 is 10.0 Å². The van der Waals surface area contributed by atoms with Gasteiger partial charge in [-0.2, -0.15) is 4.31 Å². The van der Waals surface area contributed by atoms with Gasteiger partial charge in [-0.05, 0) is 63.3 Å². The molecule has 0 saturated carbocycles. The lowest BCUT2D eigenvalue weighted by atomic mass is 10.1. The second-order valence-corrected chi connectivity index (χ2v) is 10.3. The Labute approximate surface area is 179 Å². The third kappa shape index (κ3) is 4.03. The summed E-state index contributed by atoms with van der Waals surface area (Å²) in [5.74, 6) is 2.63. The van der Waals surface area contributed by atoms with Gasteiger partial charge < -0.3 is 9.80 Å². The number of hydrogen-bond donors (Lipinski definition) is 0. The van der Waals surface area contributed by atoms with E-state index in [0.717, 1.165) is 47.2 Å². The quantitative estimate of drug-likeness (QED) is 0.744. The molecule has 2 saturated heterocycles. The van der Waals surface area contributed by atoms with Crippen LogP contribution in [0.1, 0.15) is 35.4 Å². The maximum atomic E-state index is 13.3. The molecule has 0 unspecified atom stereocenters. The van der Waals surface area contributed by atoms with Crippen LogP contribution in [-0.4, -0.2) is 62.0 Å². The lowest BCUT2D eigenvalue weighted by Gasteiger charge is -2.35. The monoisotopic (exact) mass is 429 g/mol. The zero-order valence-corrected chi connectivity index (χ0v) is 19.2. The van der Waals surface area contributed by atoms with Gasteiger partial charge in [0, 0.05) is 45.3 Å². The van der Waals surface area contributed by atoms with Gasteiger partial charge in [0.05, 0.1) is 4.90 Å². The van der Waals surface area contributed by atoms with Crippen LogP contribution in [0.2, 0.25) is 0 Å². The number of anilines is 2. The van der Waals surface area contributed by atoms with Gasteiger partial charge in [0.1, 0.15) is 17.5 Å². The molecule has 1 aromatic carbocycles. The highest BCUT2D eigenvalue weighted by molar-refractivity contribution is 7.89. The summed E-state index contributed by atoms with van der Waals surface area (Å²) in [7, 11) is -3.50. The number of sulfonamides is 1. The van der Waals surface area contributed by atoms with Crippen molar-refractivity contribution in [1.82, 2.24) is 14.3 Å². The zero-order chi connectivity index (χ0) is 21.5. The van der Waals surface area contributed by atoms with Crippen LogP contribution in [0.5, 0.6) is 0 Å². The predicted octanol–water partition coefficient (Wildman–Crippen LogP) is 2.82. The predicted molar refractivity (Wildman–Crippen MR) is 120 cm³/mol. The van der Waals surface area contributed by atoms with Crippen molar-refractivity contribution in [1.29, 1.82) is 0 Å². The lowest BCUT2D eigenvalue weighted by Crippen LogP contribution is -2.49. The van der Waals surface area contributed by atoms with Crippen LogP contribution in [0.4, 0.5) is 11.6 Å². The summed E-state index contributed by atoms with van der Waals surface area (Å²) in [4.78, 5) is 14.1. The third-order valence-electron chi connectivity index (χ3n) is 6.21. The smallest absolute Gasteiger partial charge is 0.243 e. The number of piperazine rings is 1. The molecule has 0 bridgehead atoms. The van der Waals surface area contributed by atoms with Gasteiger partial charge in [0.25, 0.3) is 0 Å². The van der Waals surface area contributed by atoms with Crippen molar-refractivity contribution in [2.45, 2.75) is 45.4 Å². The van der Waals surface area contributed by atoms with E-state index >= 15 is 0 Å². The number of rotatable bonds is 4. The Balaban J connectivity index is 1.51. The third-order valence-corrected chi connectivity index (χ3v) is 8.25. The molecule has 2 aliphatic heterocycles. The zero-order valence-electron chi connectivity index (χ0n) is 18.3. The summed E-state index contributed by atoms with van der Waals surface area (Å²) in [6.07, 6.45) is 2.40. The fraction of sp³-hybridized carbons (Fsp3) is 0.545. The molecule has 7 nitrogen and oxygen atoms in total. The van der Waals surface area contributed by atoms with Crippen LogP contribution < -0.4 is 9.80 Å². The van der Waals surface area contributed by atoms with Crippen LogP contribution in [-0.2, 0) is 10.0 Å². The molecule has 3 heterocycles. The average Bonchev–Trinajstić information content (AvgIpc) is 3.25. The molecule has 30 heavy (non-hydrogen) atoms. The normalized spacial score (nSPS) is 18.3. The van der Waals surface area contributed by atoms with Crippen molar-refractivity contribution in [3.8, 4) is 0 Å². The van der Waals surface area contributed by atoms with Crippen molar-refractivity contribution in [2.75, 3.05) is 49.1 Å². The largest absolute Gasteiger partial charge is 0.356 e. The molecular weight excluding hydrogens is 398 g/mol. The summed E-state index contributed by atoms with van der Waals surface area (Å²) >= 11 is 0. The molecular formula is C22H31N5O2S. The maximum Gasteiger partial charge on any atom is 0.243 e. The highest BCUT2D eigenvalue weighted by Gasteiger charge is 2.30. The van der Waals surface area contributed by atoms with Gasteiger partial charge in [-0.3, -0.25) is 0 Å². The summed E-state index contributed by atoms with van der Waals surface area (Å²) in [6.45, 7) is 12.0. The van der Waals surface area contributed by atoms with Crippen LogP contribution in [0, 0.1) is 27.7 Å². The molecule has 162 valence electrons. The van der Waals surface area contributed by atoms with Crippen molar-refractivity contribution in [2.24, 2.45) is 0 Å². The van der Waals surface area contributed by atoms with E-state index in [-0.39, 0.29) is 0 Å². The minimum atomic E-state index is -3.50. The summed E-state index contributed by atoms with van der Waals surface area (Å²) in [5.41, 5.74) is 2.93. The molecule has 1 aromatic heterocycles. The Hall–Kier alpha value is -2.19. The molecule has 2 fully saturated rings. The number of aryl methyl sites for hydroxylation is 4. The first-order valence-electron chi connectivity index (χ1n) is 10.7. The molecule has 8 heteroatoms. The van der Waals surface area contributed by atoms with Crippen LogP contribution in [0.25, 0.3) is 0 Å². The Kier molecular flexibility index (Phi) is 5.72. The second kappa shape index (κ2) is 8.15.